The molecule has 0 fully saturated rings. The van der Waals surface area contributed by atoms with Crippen LogP contribution in [0.4, 0.5) is 4.39 Å². The Morgan fingerprint density at radius 3 is 2.40 bits per heavy atom. The van der Waals surface area contributed by atoms with Gasteiger partial charge >= 0.3 is 0 Å². The Labute approximate surface area is 123 Å². The second-order valence-corrected chi connectivity index (χ2v) is 11.4. The molecule has 0 saturated heterocycles. The van der Waals surface area contributed by atoms with Gasteiger partial charge in [0.15, 0.2) is 0 Å². The van der Waals surface area contributed by atoms with E-state index in [9.17, 15) is 4.39 Å². The predicted octanol–water partition coefficient (Wildman–Crippen LogP) is 4.56. The summed E-state index contributed by atoms with van der Waals surface area (Å²) in [5.74, 6) is -1.00. The SMILES string of the molecule is [2H]C(C)(C)c1cc(-c2ccccc2F)ncc1[Si](C)(C)C. The lowest BCUT2D eigenvalue weighted by molar-refractivity contribution is 0.630. The number of hydrogen-bond acceptors (Lipinski definition) is 1. The number of hydrogen-bond donors (Lipinski definition) is 0. The van der Waals surface area contributed by atoms with Crippen LogP contribution in [0.2, 0.25) is 19.6 Å². The van der Waals surface area contributed by atoms with Gasteiger partial charge in [0.1, 0.15) is 5.82 Å². The summed E-state index contributed by atoms with van der Waals surface area (Å²) in [4.78, 5) is 4.46. The van der Waals surface area contributed by atoms with Crippen molar-refractivity contribution in [3.8, 4) is 11.3 Å². The third-order valence-electron chi connectivity index (χ3n) is 3.40. The molecule has 0 spiro atoms. The van der Waals surface area contributed by atoms with Gasteiger partial charge < -0.3 is 0 Å². The van der Waals surface area contributed by atoms with Crippen LogP contribution in [0.5, 0.6) is 0 Å². The van der Waals surface area contributed by atoms with E-state index in [1.165, 1.54) is 11.3 Å². The maximum atomic E-state index is 14.0. The van der Waals surface area contributed by atoms with E-state index in [0.717, 1.165) is 5.56 Å². The Hall–Kier alpha value is -1.48. The molecular formula is C17H22FNSi. The highest BCUT2D eigenvalue weighted by Crippen LogP contribution is 2.24. The first-order valence-corrected chi connectivity index (χ1v) is 10.4. The Balaban J connectivity index is 2.66. The second-order valence-electron chi connectivity index (χ2n) is 6.34. The first-order valence-electron chi connectivity index (χ1n) is 7.36. The summed E-state index contributed by atoms with van der Waals surface area (Å²) in [5, 5.41) is 1.17. The molecule has 0 aliphatic rings. The minimum absolute atomic E-state index is 0.278. The molecule has 20 heavy (non-hydrogen) atoms. The number of halogens is 1. The van der Waals surface area contributed by atoms with Gasteiger partial charge in [0.25, 0.3) is 0 Å². The van der Waals surface area contributed by atoms with Crippen LogP contribution in [0.15, 0.2) is 36.5 Å². The van der Waals surface area contributed by atoms with Gasteiger partial charge in [-0.25, -0.2) is 4.39 Å². The van der Waals surface area contributed by atoms with Crippen molar-refractivity contribution < 1.29 is 5.76 Å². The average Bonchev–Trinajstić information content (AvgIpc) is 2.36. The Kier molecular flexibility index (Phi) is 3.70. The van der Waals surface area contributed by atoms with E-state index < -0.39 is 14.0 Å². The molecule has 0 N–H and O–H groups in total. The normalized spacial score (nSPS) is 13.2. The van der Waals surface area contributed by atoms with Crippen LogP contribution in [0.3, 0.4) is 0 Å². The molecule has 1 heterocycles. The van der Waals surface area contributed by atoms with Gasteiger partial charge in [0, 0.05) is 13.1 Å². The largest absolute Gasteiger partial charge is 0.256 e. The molecule has 0 aliphatic carbocycles. The van der Waals surface area contributed by atoms with Gasteiger partial charge in [-0.15, -0.1) is 0 Å². The summed E-state index contributed by atoms with van der Waals surface area (Å²) in [6, 6.07) is 8.53. The molecule has 0 aliphatic heterocycles. The number of pyridine rings is 1. The zero-order valence-corrected chi connectivity index (χ0v) is 13.8. The molecule has 0 bridgehead atoms. The molecule has 1 aromatic heterocycles. The van der Waals surface area contributed by atoms with Crippen LogP contribution >= 0.6 is 0 Å². The fraction of sp³-hybridized carbons (Fsp3) is 0.353. The molecule has 1 aromatic carbocycles. The Morgan fingerprint density at radius 1 is 1.20 bits per heavy atom. The highest BCUT2D eigenvalue weighted by atomic mass is 28.3. The predicted molar refractivity (Wildman–Crippen MR) is 86.7 cm³/mol. The molecular weight excluding hydrogens is 265 g/mol. The van der Waals surface area contributed by atoms with Gasteiger partial charge in [-0.3, -0.25) is 4.98 Å². The monoisotopic (exact) mass is 288 g/mol. The van der Waals surface area contributed by atoms with Crippen molar-refractivity contribution in [1.29, 1.82) is 0 Å². The van der Waals surface area contributed by atoms with Crippen LogP contribution in [0, 0.1) is 5.82 Å². The summed E-state index contributed by atoms with van der Waals surface area (Å²) in [5.41, 5.74) is 2.05. The maximum Gasteiger partial charge on any atom is 0.132 e. The van der Waals surface area contributed by atoms with Crippen molar-refractivity contribution in [2.45, 2.75) is 39.4 Å². The number of rotatable bonds is 3. The van der Waals surface area contributed by atoms with Crippen molar-refractivity contribution in [2.75, 3.05) is 0 Å². The number of nitrogens with zero attached hydrogens (tertiary/aromatic N) is 1. The van der Waals surface area contributed by atoms with Gasteiger partial charge in [-0.05, 0) is 34.8 Å². The third-order valence-corrected chi connectivity index (χ3v) is 5.41. The zero-order valence-electron chi connectivity index (χ0n) is 13.8. The highest BCUT2D eigenvalue weighted by molar-refractivity contribution is 6.89. The minimum Gasteiger partial charge on any atom is -0.256 e. The molecule has 0 saturated carbocycles. The van der Waals surface area contributed by atoms with Crippen molar-refractivity contribution in [1.82, 2.24) is 4.98 Å². The fourth-order valence-electron chi connectivity index (χ4n) is 2.28. The highest BCUT2D eigenvalue weighted by Gasteiger charge is 2.22. The van der Waals surface area contributed by atoms with Gasteiger partial charge in [0.05, 0.1) is 13.8 Å². The van der Waals surface area contributed by atoms with Crippen LogP contribution in [-0.2, 0) is 0 Å². The van der Waals surface area contributed by atoms with Crippen LogP contribution < -0.4 is 5.19 Å². The Bertz CT molecular complexity index is 657. The van der Waals surface area contributed by atoms with E-state index >= 15 is 0 Å². The van der Waals surface area contributed by atoms with E-state index in [-0.39, 0.29) is 5.82 Å². The van der Waals surface area contributed by atoms with Crippen LogP contribution in [-0.4, -0.2) is 13.1 Å². The maximum absolute atomic E-state index is 14.0. The summed E-state index contributed by atoms with van der Waals surface area (Å²) in [6.45, 7) is 10.5. The van der Waals surface area contributed by atoms with Crippen molar-refractivity contribution >= 4 is 13.3 Å². The quantitative estimate of drug-likeness (QED) is 0.755. The van der Waals surface area contributed by atoms with Crippen LogP contribution in [0.25, 0.3) is 11.3 Å². The first kappa shape index (κ1) is 13.5. The minimum atomic E-state index is -1.60. The molecule has 2 rings (SSSR count). The Morgan fingerprint density at radius 2 is 1.85 bits per heavy atom. The number of benzene rings is 1. The average molecular weight is 288 g/mol. The fourth-order valence-corrected chi connectivity index (χ4v) is 3.86. The van der Waals surface area contributed by atoms with Gasteiger partial charge in [-0.2, -0.15) is 0 Å². The van der Waals surface area contributed by atoms with E-state index in [4.69, 9.17) is 1.37 Å². The van der Waals surface area contributed by atoms with E-state index in [2.05, 4.69) is 24.6 Å². The standard InChI is InChI=1S/C17H22FNSi/c1-12(2)14-10-16(13-8-6-7-9-15(13)18)19-11-17(14)20(3,4)5/h6-12H,1-5H3/i12D. The molecule has 0 amide bonds. The van der Waals surface area contributed by atoms with Crippen molar-refractivity contribution in [3.63, 3.8) is 0 Å². The molecule has 1 nitrogen and oxygen atoms in total. The van der Waals surface area contributed by atoms with Crippen LogP contribution in [0.1, 0.15) is 26.7 Å². The van der Waals surface area contributed by atoms with E-state index in [0.29, 0.717) is 11.3 Å². The summed E-state index contributed by atoms with van der Waals surface area (Å²) in [6.07, 6.45) is 1.85. The summed E-state index contributed by atoms with van der Waals surface area (Å²) in [7, 11) is -1.60. The molecule has 2 aromatic rings. The topological polar surface area (TPSA) is 12.9 Å². The summed E-state index contributed by atoms with van der Waals surface area (Å²) >= 11 is 0. The van der Waals surface area contributed by atoms with E-state index in [1.54, 1.807) is 18.2 Å². The lowest BCUT2D eigenvalue weighted by Crippen LogP contribution is -2.40. The lowest BCUT2D eigenvalue weighted by atomic mass is 10.0. The molecule has 106 valence electrons. The first-order chi connectivity index (χ1) is 9.60. The molecule has 3 heteroatoms. The molecule has 0 unspecified atom stereocenters. The molecule has 0 radical (unpaired) electrons. The second kappa shape index (κ2) is 5.48. The van der Waals surface area contributed by atoms with Crippen molar-refractivity contribution in [2.24, 2.45) is 0 Å². The van der Waals surface area contributed by atoms with Crippen molar-refractivity contribution in [3.05, 3.63) is 47.9 Å². The van der Waals surface area contributed by atoms with E-state index in [1.807, 2.05) is 26.1 Å². The zero-order chi connectivity index (χ0) is 15.8. The third kappa shape index (κ3) is 2.98. The van der Waals surface area contributed by atoms with Gasteiger partial charge in [0.2, 0.25) is 0 Å². The molecule has 0 atom stereocenters. The van der Waals surface area contributed by atoms with Gasteiger partial charge in [-0.1, -0.05) is 45.6 Å². The smallest absolute Gasteiger partial charge is 0.132 e. The summed E-state index contributed by atoms with van der Waals surface area (Å²) < 4.78 is 22.4. The number of aromatic nitrogens is 1. The lowest BCUT2D eigenvalue weighted by Gasteiger charge is -2.23.